The lowest BCUT2D eigenvalue weighted by molar-refractivity contribution is 0.102. The third-order valence-electron chi connectivity index (χ3n) is 4.16. The third-order valence-corrected chi connectivity index (χ3v) is 4.16. The molecule has 4 aromatic rings. The molecule has 0 aliphatic rings. The summed E-state index contributed by atoms with van der Waals surface area (Å²) in [5.74, 6) is -0.629. The Bertz CT molecular complexity index is 1140. The minimum Gasteiger partial charge on any atom is -0.508 e. The molecule has 1 heterocycles. The summed E-state index contributed by atoms with van der Waals surface area (Å²) >= 11 is 0. The summed E-state index contributed by atoms with van der Waals surface area (Å²) in [6, 6.07) is 15.8. The molecule has 4 rings (SSSR count). The zero-order valence-electron chi connectivity index (χ0n) is 14.1. The second kappa shape index (κ2) is 6.84. The van der Waals surface area contributed by atoms with Crippen molar-refractivity contribution in [2.75, 3.05) is 5.32 Å². The number of phenolic OH excluding ortho intramolecular Hbond substituents is 1. The maximum absolute atomic E-state index is 14.2. The molecule has 0 spiro atoms. The molecule has 0 aliphatic carbocycles. The highest BCUT2D eigenvalue weighted by molar-refractivity contribution is 6.13. The number of aromatic nitrogens is 2. The quantitative estimate of drug-likeness (QED) is 0.532. The molecule has 3 aromatic carbocycles. The standard InChI is InChI=1S/C21H14FN3O2/c22-18-4-2-1-3-15(18)16-9-10-17(20-19(16)23-11-12-24-20)21(27)25-13-5-7-14(26)8-6-13/h1-12,26H,(H,25,27). The van der Waals surface area contributed by atoms with Crippen molar-refractivity contribution >= 4 is 22.6 Å². The van der Waals surface area contributed by atoms with Crippen LogP contribution >= 0.6 is 0 Å². The van der Waals surface area contributed by atoms with Gasteiger partial charge in [-0.15, -0.1) is 0 Å². The molecule has 0 radical (unpaired) electrons. The van der Waals surface area contributed by atoms with Gasteiger partial charge in [0.05, 0.1) is 11.1 Å². The molecule has 0 fully saturated rings. The predicted molar refractivity (Wildman–Crippen MR) is 101 cm³/mol. The number of nitrogens with zero attached hydrogens (tertiary/aromatic N) is 2. The molecule has 132 valence electrons. The lowest BCUT2D eigenvalue weighted by atomic mass is 10.00. The van der Waals surface area contributed by atoms with Gasteiger partial charge in [0.25, 0.3) is 5.91 Å². The van der Waals surface area contributed by atoms with Gasteiger partial charge in [-0.2, -0.15) is 0 Å². The van der Waals surface area contributed by atoms with Crippen LogP contribution in [-0.2, 0) is 0 Å². The molecule has 0 saturated heterocycles. The number of nitrogens with one attached hydrogen (secondary N) is 1. The van der Waals surface area contributed by atoms with Crippen LogP contribution in [0.15, 0.2) is 73.1 Å². The van der Waals surface area contributed by atoms with E-state index in [0.717, 1.165) is 0 Å². The van der Waals surface area contributed by atoms with Crippen LogP contribution in [0.25, 0.3) is 22.2 Å². The molecule has 0 bridgehead atoms. The van der Waals surface area contributed by atoms with Crippen LogP contribution < -0.4 is 5.32 Å². The van der Waals surface area contributed by atoms with Crippen LogP contribution in [0.1, 0.15) is 10.4 Å². The maximum Gasteiger partial charge on any atom is 0.257 e. The van der Waals surface area contributed by atoms with Gasteiger partial charge in [-0.1, -0.05) is 24.3 Å². The summed E-state index contributed by atoms with van der Waals surface area (Å²) in [5.41, 5.74) is 2.65. The van der Waals surface area contributed by atoms with E-state index in [1.54, 1.807) is 42.5 Å². The number of fused-ring (bicyclic) bond motifs is 1. The first kappa shape index (κ1) is 16.7. The summed E-state index contributed by atoms with van der Waals surface area (Å²) in [7, 11) is 0. The zero-order chi connectivity index (χ0) is 18.8. The van der Waals surface area contributed by atoms with Crippen molar-refractivity contribution in [3.63, 3.8) is 0 Å². The molecule has 0 atom stereocenters. The van der Waals surface area contributed by atoms with Crippen molar-refractivity contribution in [2.24, 2.45) is 0 Å². The Morgan fingerprint density at radius 1 is 0.852 bits per heavy atom. The van der Waals surface area contributed by atoms with Crippen molar-refractivity contribution in [2.45, 2.75) is 0 Å². The maximum atomic E-state index is 14.2. The smallest absolute Gasteiger partial charge is 0.257 e. The highest BCUT2D eigenvalue weighted by Crippen LogP contribution is 2.30. The molecule has 0 unspecified atom stereocenters. The first-order chi connectivity index (χ1) is 13.1. The average Bonchev–Trinajstić information content (AvgIpc) is 2.69. The number of aromatic hydroxyl groups is 1. The van der Waals surface area contributed by atoms with Crippen LogP contribution in [0.4, 0.5) is 10.1 Å². The lowest BCUT2D eigenvalue weighted by Gasteiger charge is -2.11. The van der Waals surface area contributed by atoms with Crippen LogP contribution in [0.2, 0.25) is 0 Å². The second-order valence-electron chi connectivity index (χ2n) is 5.90. The zero-order valence-corrected chi connectivity index (χ0v) is 14.1. The molecule has 5 nitrogen and oxygen atoms in total. The molecular weight excluding hydrogens is 345 g/mol. The Morgan fingerprint density at radius 3 is 2.30 bits per heavy atom. The van der Waals surface area contributed by atoms with Crippen LogP contribution in [-0.4, -0.2) is 21.0 Å². The minimum absolute atomic E-state index is 0.110. The molecule has 2 N–H and O–H groups in total. The van der Waals surface area contributed by atoms with Gasteiger partial charge in [0, 0.05) is 29.2 Å². The van der Waals surface area contributed by atoms with Crippen molar-refractivity contribution in [1.29, 1.82) is 0 Å². The fourth-order valence-corrected chi connectivity index (χ4v) is 2.88. The summed E-state index contributed by atoms with van der Waals surface area (Å²) in [6.07, 6.45) is 3.00. The van der Waals surface area contributed by atoms with E-state index in [-0.39, 0.29) is 17.5 Å². The van der Waals surface area contributed by atoms with Gasteiger partial charge in [0.2, 0.25) is 0 Å². The molecule has 6 heteroatoms. The molecule has 1 aromatic heterocycles. The molecule has 0 saturated carbocycles. The normalized spacial score (nSPS) is 10.7. The Morgan fingerprint density at radius 2 is 1.56 bits per heavy atom. The van der Waals surface area contributed by atoms with E-state index in [1.807, 2.05) is 0 Å². The highest BCUT2D eigenvalue weighted by atomic mass is 19.1. The largest absolute Gasteiger partial charge is 0.508 e. The van der Waals surface area contributed by atoms with E-state index in [1.165, 1.54) is 30.6 Å². The van der Waals surface area contributed by atoms with E-state index in [9.17, 15) is 14.3 Å². The summed E-state index contributed by atoms with van der Waals surface area (Å²) in [5, 5.41) is 12.1. The van der Waals surface area contributed by atoms with Crippen LogP contribution in [0.3, 0.4) is 0 Å². The SMILES string of the molecule is O=C(Nc1ccc(O)cc1)c1ccc(-c2ccccc2F)c2nccnc12. The van der Waals surface area contributed by atoms with Crippen molar-refractivity contribution in [1.82, 2.24) is 9.97 Å². The van der Waals surface area contributed by atoms with Crippen molar-refractivity contribution in [3.8, 4) is 16.9 Å². The topological polar surface area (TPSA) is 75.1 Å². The number of hydrogen-bond acceptors (Lipinski definition) is 4. The van der Waals surface area contributed by atoms with E-state index in [0.29, 0.717) is 33.4 Å². The van der Waals surface area contributed by atoms with Gasteiger partial charge >= 0.3 is 0 Å². The Kier molecular flexibility index (Phi) is 4.22. The fraction of sp³-hybridized carbons (Fsp3) is 0. The van der Waals surface area contributed by atoms with Gasteiger partial charge in [-0.3, -0.25) is 14.8 Å². The Hall–Kier alpha value is -3.80. The van der Waals surface area contributed by atoms with E-state index in [4.69, 9.17) is 0 Å². The van der Waals surface area contributed by atoms with E-state index in [2.05, 4.69) is 15.3 Å². The van der Waals surface area contributed by atoms with E-state index < -0.39 is 0 Å². The predicted octanol–water partition coefficient (Wildman–Crippen LogP) is 4.39. The van der Waals surface area contributed by atoms with Crippen molar-refractivity contribution in [3.05, 3.63) is 84.4 Å². The minimum atomic E-state index is -0.370. The number of halogens is 1. The molecule has 1 amide bonds. The first-order valence-electron chi connectivity index (χ1n) is 8.22. The molecular formula is C21H14FN3O2. The van der Waals surface area contributed by atoms with Crippen LogP contribution in [0.5, 0.6) is 5.75 Å². The van der Waals surface area contributed by atoms with Crippen molar-refractivity contribution < 1.29 is 14.3 Å². The number of carbonyl (C=O) groups excluding carboxylic acids is 1. The number of rotatable bonds is 3. The summed E-state index contributed by atoms with van der Waals surface area (Å²) in [6.45, 7) is 0. The van der Waals surface area contributed by atoms with Gasteiger partial charge < -0.3 is 10.4 Å². The Labute approximate surface area is 154 Å². The molecule has 27 heavy (non-hydrogen) atoms. The number of phenols is 1. The number of hydrogen-bond donors (Lipinski definition) is 2. The number of anilines is 1. The van der Waals surface area contributed by atoms with E-state index >= 15 is 0 Å². The Balaban J connectivity index is 1.79. The number of benzene rings is 3. The first-order valence-corrected chi connectivity index (χ1v) is 8.22. The monoisotopic (exact) mass is 359 g/mol. The number of amides is 1. The molecule has 0 aliphatic heterocycles. The van der Waals surface area contributed by atoms with Gasteiger partial charge in [0.15, 0.2) is 0 Å². The summed E-state index contributed by atoms with van der Waals surface area (Å²) < 4.78 is 14.2. The third kappa shape index (κ3) is 3.20. The second-order valence-corrected chi connectivity index (χ2v) is 5.90. The summed E-state index contributed by atoms with van der Waals surface area (Å²) in [4.78, 5) is 21.3. The van der Waals surface area contributed by atoms with Gasteiger partial charge in [-0.25, -0.2) is 4.39 Å². The van der Waals surface area contributed by atoms with Gasteiger partial charge in [-0.05, 0) is 36.4 Å². The highest BCUT2D eigenvalue weighted by Gasteiger charge is 2.17. The fourth-order valence-electron chi connectivity index (χ4n) is 2.88. The average molecular weight is 359 g/mol. The van der Waals surface area contributed by atoms with Crippen LogP contribution in [0, 0.1) is 5.82 Å². The number of carbonyl (C=O) groups is 1. The lowest BCUT2D eigenvalue weighted by Crippen LogP contribution is -2.13. The van der Waals surface area contributed by atoms with Gasteiger partial charge in [0.1, 0.15) is 17.1 Å².